The van der Waals surface area contributed by atoms with Crippen molar-refractivity contribution in [3.63, 3.8) is 0 Å². The van der Waals surface area contributed by atoms with Crippen molar-refractivity contribution in [3.8, 4) is 16.5 Å². The Labute approximate surface area is 161 Å². The van der Waals surface area contributed by atoms with Gasteiger partial charge >= 0.3 is 5.97 Å². The summed E-state index contributed by atoms with van der Waals surface area (Å²) >= 11 is 1.44. The summed E-state index contributed by atoms with van der Waals surface area (Å²) in [6.07, 6.45) is 1.32. The number of methoxy groups -OCH3 is 2. The Morgan fingerprint density at radius 3 is 2.52 bits per heavy atom. The molecule has 0 saturated heterocycles. The molecule has 0 bridgehead atoms. The van der Waals surface area contributed by atoms with Crippen LogP contribution in [-0.4, -0.2) is 25.2 Å². The fourth-order valence-electron chi connectivity index (χ4n) is 2.50. The lowest BCUT2D eigenvalue weighted by molar-refractivity contribution is -0.134. The molecule has 27 heavy (non-hydrogen) atoms. The van der Waals surface area contributed by atoms with E-state index in [-0.39, 0.29) is 0 Å². The van der Waals surface area contributed by atoms with Gasteiger partial charge in [0.15, 0.2) is 0 Å². The summed E-state index contributed by atoms with van der Waals surface area (Å²) in [5.41, 5.74) is 3.58. The number of thiazole rings is 1. The van der Waals surface area contributed by atoms with E-state index in [1.807, 2.05) is 60.0 Å². The van der Waals surface area contributed by atoms with Gasteiger partial charge in [-0.1, -0.05) is 65.9 Å². The van der Waals surface area contributed by atoms with Gasteiger partial charge in [0.05, 0.1) is 26.0 Å². The van der Waals surface area contributed by atoms with Gasteiger partial charge in [0.25, 0.3) is 5.19 Å². The first kappa shape index (κ1) is 18.7. The van der Waals surface area contributed by atoms with Gasteiger partial charge < -0.3 is 14.2 Å². The van der Waals surface area contributed by atoms with E-state index in [9.17, 15) is 4.79 Å². The molecule has 0 spiro atoms. The maximum Gasteiger partial charge on any atom is 0.334 e. The lowest BCUT2D eigenvalue weighted by Crippen LogP contribution is -2.03. The van der Waals surface area contributed by atoms with E-state index in [0.29, 0.717) is 17.6 Å². The predicted molar refractivity (Wildman–Crippen MR) is 105 cm³/mol. The molecule has 0 unspecified atom stereocenters. The Hall–Kier alpha value is -3.12. The monoisotopic (exact) mass is 381 g/mol. The van der Waals surface area contributed by atoms with Crippen LogP contribution in [0.3, 0.4) is 0 Å². The standard InChI is InChI=1S/C21H19NO4S/c1-24-19(12-20(23)25-2)17-11-7-6-10-16(17)13-26-21-22-18(14-27-21)15-8-4-3-5-9-15/h3-12,14H,13H2,1-2H3/b19-12+. The second-order valence-corrected chi connectivity index (χ2v) is 6.37. The minimum atomic E-state index is -0.477. The van der Waals surface area contributed by atoms with Crippen molar-refractivity contribution in [3.05, 3.63) is 77.2 Å². The van der Waals surface area contributed by atoms with E-state index in [4.69, 9.17) is 9.47 Å². The minimum Gasteiger partial charge on any atom is -0.496 e. The van der Waals surface area contributed by atoms with Crippen LogP contribution in [0.2, 0.25) is 0 Å². The van der Waals surface area contributed by atoms with Gasteiger partial charge in [0.2, 0.25) is 0 Å². The zero-order valence-corrected chi connectivity index (χ0v) is 15.9. The first-order valence-corrected chi connectivity index (χ1v) is 9.15. The second-order valence-electron chi connectivity index (χ2n) is 5.55. The molecular weight excluding hydrogens is 362 g/mol. The molecule has 0 aliphatic heterocycles. The van der Waals surface area contributed by atoms with Crippen LogP contribution in [0.25, 0.3) is 17.0 Å². The number of hydrogen-bond donors (Lipinski definition) is 0. The quantitative estimate of drug-likeness (QED) is 0.341. The molecule has 0 atom stereocenters. The van der Waals surface area contributed by atoms with Crippen molar-refractivity contribution in [2.75, 3.05) is 14.2 Å². The number of aromatic nitrogens is 1. The summed E-state index contributed by atoms with van der Waals surface area (Å²) in [5, 5.41) is 2.55. The summed E-state index contributed by atoms with van der Waals surface area (Å²) in [4.78, 5) is 16.1. The SMILES string of the molecule is COC(=O)/C=C(/OC)c1ccccc1COc1nc(-c2ccccc2)cs1. The summed E-state index contributed by atoms with van der Waals surface area (Å²) in [6, 6.07) is 17.5. The third-order valence-corrected chi connectivity index (χ3v) is 4.61. The third-order valence-electron chi connectivity index (χ3n) is 3.86. The van der Waals surface area contributed by atoms with Gasteiger partial charge in [0, 0.05) is 22.1 Å². The minimum absolute atomic E-state index is 0.305. The smallest absolute Gasteiger partial charge is 0.334 e. The highest BCUT2D eigenvalue weighted by Gasteiger charge is 2.12. The van der Waals surface area contributed by atoms with Crippen molar-refractivity contribution in [2.24, 2.45) is 0 Å². The Kier molecular flexibility index (Phi) is 6.22. The molecule has 0 amide bonds. The van der Waals surface area contributed by atoms with Crippen LogP contribution in [0, 0.1) is 0 Å². The Morgan fingerprint density at radius 2 is 1.78 bits per heavy atom. The molecule has 0 aliphatic rings. The Balaban J connectivity index is 1.77. The molecule has 0 fully saturated rings. The predicted octanol–water partition coefficient (Wildman–Crippen LogP) is 4.55. The van der Waals surface area contributed by atoms with Crippen LogP contribution >= 0.6 is 11.3 Å². The maximum absolute atomic E-state index is 11.6. The van der Waals surface area contributed by atoms with Gasteiger partial charge in [0.1, 0.15) is 12.4 Å². The summed E-state index contributed by atoms with van der Waals surface area (Å²) in [5.74, 6) is -0.0554. The van der Waals surface area contributed by atoms with Crippen molar-refractivity contribution < 1.29 is 19.0 Å². The van der Waals surface area contributed by atoms with Crippen LogP contribution in [-0.2, 0) is 20.9 Å². The molecule has 2 aromatic carbocycles. The van der Waals surface area contributed by atoms with E-state index in [1.54, 1.807) is 0 Å². The lowest BCUT2D eigenvalue weighted by atomic mass is 10.1. The maximum atomic E-state index is 11.6. The first-order valence-electron chi connectivity index (χ1n) is 8.27. The molecule has 6 heteroatoms. The fourth-order valence-corrected chi connectivity index (χ4v) is 3.18. The van der Waals surface area contributed by atoms with E-state index >= 15 is 0 Å². The average molecular weight is 381 g/mol. The van der Waals surface area contributed by atoms with Crippen LogP contribution in [0.1, 0.15) is 11.1 Å². The highest BCUT2D eigenvalue weighted by Crippen LogP contribution is 2.28. The highest BCUT2D eigenvalue weighted by molar-refractivity contribution is 7.11. The zero-order chi connectivity index (χ0) is 19.1. The van der Waals surface area contributed by atoms with Gasteiger partial charge in [-0.2, -0.15) is 0 Å². The molecule has 0 aliphatic carbocycles. The molecule has 1 heterocycles. The zero-order valence-electron chi connectivity index (χ0n) is 15.0. The molecule has 3 aromatic rings. The van der Waals surface area contributed by atoms with E-state index < -0.39 is 5.97 Å². The average Bonchev–Trinajstić information content (AvgIpc) is 3.20. The molecule has 5 nitrogen and oxygen atoms in total. The Morgan fingerprint density at radius 1 is 1.04 bits per heavy atom. The number of carbonyl (C=O) groups excluding carboxylic acids is 1. The third kappa shape index (κ3) is 4.74. The molecule has 138 valence electrons. The van der Waals surface area contributed by atoms with Crippen LogP contribution in [0.5, 0.6) is 5.19 Å². The fraction of sp³-hybridized carbons (Fsp3) is 0.143. The topological polar surface area (TPSA) is 57.7 Å². The van der Waals surface area contributed by atoms with Gasteiger partial charge in [-0.05, 0) is 0 Å². The summed E-state index contributed by atoms with van der Waals surface area (Å²) in [6.45, 7) is 0.305. The normalized spacial score (nSPS) is 11.1. The molecule has 1 aromatic heterocycles. The summed E-state index contributed by atoms with van der Waals surface area (Å²) < 4.78 is 15.9. The number of carbonyl (C=O) groups is 1. The number of ether oxygens (including phenoxy) is 3. The molecular formula is C21H19NO4S. The highest BCUT2D eigenvalue weighted by atomic mass is 32.1. The first-order chi connectivity index (χ1) is 13.2. The van der Waals surface area contributed by atoms with Crippen molar-refractivity contribution >= 4 is 23.1 Å². The lowest BCUT2D eigenvalue weighted by Gasteiger charge is -2.12. The van der Waals surface area contributed by atoms with Crippen molar-refractivity contribution in [1.29, 1.82) is 0 Å². The second kappa shape index (κ2) is 9.00. The number of nitrogens with zero attached hydrogens (tertiary/aromatic N) is 1. The van der Waals surface area contributed by atoms with Crippen molar-refractivity contribution in [2.45, 2.75) is 6.61 Å². The van der Waals surface area contributed by atoms with Gasteiger partial charge in [-0.25, -0.2) is 9.78 Å². The van der Waals surface area contributed by atoms with E-state index in [1.165, 1.54) is 31.6 Å². The number of benzene rings is 2. The van der Waals surface area contributed by atoms with Crippen molar-refractivity contribution in [1.82, 2.24) is 4.98 Å². The molecule has 0 saturated carbocycles. The summed E-state index contributed by atoms with van der Waals surface area (Å²) in [7, 11) is 2.84. The van der Waals surface area contributed by atoms with Crippen LogP contribution in [0.4, 0.5) is 0 Å². The number of hydrogen-bond acceptors (Lipinski definition) is 6. The van der Waals surface area contributed by atoms with Gasteiger partial charge in [-0.15, -0.1) is 0 Å². The molecule has 3 rings (SSSR count). The number of esters is 1. The van der Waals surface area contributed by atoms with E-state index in [0.717, 1.165) is 22.4 Å². The van der Waals surface area contributed by atoms with Crippen LogP contribution < -0.4 is 4.74 Å². The Bertz CT molecular complexity index is 934. The number of rotatable bonds is 7. The molecule has 0 N–H and O–H groups in total. The largest absolute Gasteiger partial charge is 0.496 e. The van der Waals surface area contributed by atoms with Crippen LogP contribution in [0.15, 0.2) is 66.1 Å². The molecule has 0 radical (unpaired) electrons. The van der Waals surface area contributed by atoms with E-state index in [2.05, 4.69) is 9.72 Å². The van der Waals surface area contributed by atoms with Gasteiger partial charge in [-0.3, -0.25) is 0 Å².